The fourth-order valence-corrected chi connectivity index (χ4v) is 1.91. The van der Waals surface area contributed by atoms with Gasteiger partial charge in [0.05, 0.1) is 0 Å². The van der Waals surface area contributed by atoms with Gasteiger partial charge in [0.1, 0.15) is 30.1 Å². The van der Waals surface area contributed by atoms with E-state index in [4.69, 9.17) is 9.26 Å². The highest BCUT2D eigenvalue weighted by Gasteiger charge is 2.08. The second kappa shape index (κ2) is 5.04. The van der Waals surface area contributed by atoms with E-state index in [0.29, 0.717) is 12.2 Å². The number of hydrogen-bond donors (Lipinski definition) is 0. The normalized spacial score (nSPS) is 10.4. The number of benzene rings is 1. The predicted octanol–water partition coefficient (Wildman–Crippen LogP) is 2.99. The lowest BCUT2D eigenvalue weighted by Gasteiger charge is -2.11. The Morgan fingerprint density at radius 2 is 1.89 bits per heavy atom. The van der Waals surface area contributed by atoms with Crippen LogP contribution in [-0.2, 0) is 6.61 Å². The Morgan fingerprint density at radius 3 is 2.39 bits per heavy atom. The van der Waals surface area contributed by atoms with Crippen LogP contribution in [-0.4, -0.2) is 11.4 Å². The minimum atomic E-state index is 0.361. The highest BCUT2D eigenvalue weighted by atomic mass is 16.5. The number of rotatable bonds is 4. The molecule has 0 aliphatic heterocycles. The van der Waals surface area contributed by atoms with Crippen LogP contribution in [0.5, 0.6) is 5.75 Å². The molecule has 4 heteroatoms. The van der Waals surface area contributed by atoms with Crippen molar-refractivity contribution in [1.82, 2.24) is 5.16 Å². The van der Waals surface area contributed by atoms with Gasteiger partial charge >= 0.3 is 0 Å². The Hall–Kier alpha value is -2.10. The molecule has 0 saturated heterocycles. The zero-order valence-corrected chi connectivity index (χ0v) is 10.7. The number of hydrogen-bond acceptors (Lipinski definition) is 4. The van der Waals surface area contributed by atoms with Crippen molar-refractivity contribution in [2.24, 2.45) is 0 Å². The van der Waals surface area contributed by atoms with Gasteiger partial charge in [0.2, 0.25) is 0 Å². The van der Waals surface area contributed by atoms with E-state index in [9.17, 15) is 4.79 Å². The summed E-state index contributed by atoms with van der Waals surface area (Å²) in [5.41, 5.74) is 3.30. The number of nitrogens with zero attached hydrogens (tertiary/aromatic N) is 1. The largest absolute Gasteiger partial charge is 0.487 e. The molecule has 0 aliphatic rings. The summed E-state index contributed by atoms with van der Waals surface area (Å²) >= 11 is 0. The van der Waals surface area contributed by atoms with E-state index in [1.807, 2.05) is 39.0 Å². The molecule has 0 bridgehead atoms. The molecule has 1 aromatic heterocycles. The molecule has 1 aromatic carbocycles. The molecule has 1 heterocycles. The molecule has 4 nitrogen and oxygen atoms in total. The maximum absolute atomic E-state index is 10.7. The number of carbonyl (C=O) groups excluding carboxylic acids is 1. The Kier molecular flexibility index (Phi) is 3.46. The molecule has 0 spiro atoms. The van der Waals surface area contributed by atoms with Crippen LogP contribution in [0.2, 0.25) is 0 Å². The Balaban J connectivity index is 2.16. The smallest absolute Gasteiger partial charge is 0.150 e. The summed E-state index contributed by atoms with van der Waals surface area (Å²) in [4.78, 5) is 10.7. The Bertz CT molecular complexity index is 549. The molecule has 0 fully saturated rings. The van der Waals surface area contributed by atoms with E-state index < -0.39 is 0 Å². The van der Waals surface area contributed by atoms with Gasteiger partial charge in [0.15, 0.2) is 0 Å². The molecular formula is C14H15NO3. The standard InChI is InChI=1S/C14H15NO3/c1-9-4-12(7-16)5-10(2)14(9)17-8-13-6-11(3)18-15-13/h4-7H,8H2,1-3H3. The molecule has 94 valence electrons. The molecule has 0 saturated carbocycles. The third kappa shape index (κ3) is 2.59. The number of carbonyl (C=O) groups is 1. The van der Waals surface area contributed by atoms with Gasteiger partial charge < -0.3 is 9.26 Å². The Morgan fingerprint density at radius 1 is 1.22 bits per heavy atom. The maximum Gasteiger partial charge on any atom is 0.150 e. The highest BCUT2D eigenvalue weighted by molar-refractivity contribution is 5.76. The van der Waals surface area contributed by atoms with Crippen molar-refractivity contribution in [3.8, 4) is 5.75 Å². The lowest BCUT2D eigenvalue weighted by atomic mass is 10.1. The summed E-state index contributed by atoms with van der Waals surface area (Å²) < 4.78 is 10.7. The van der Waals surface area contributed by atoms with Crippen molar-refractivity contribution >= 4 is 6.29 Å². The SMILES string of the molecule is Cc1cc(COc2c(C)cc(C=O)cc2C)no1. The van der Waals surface area contributed by atoms with Crippen molar-refractivity contribution < 1.29 is 14.1 Å². The molecule has 18 heavy (non-hydrogen) atoms. The molecule has 0 aliphatic carbocycles. The maximum atomic E-state index is 10.7. The van der Waals surface area contributed by atoms with E-state index in [-0.39, 0.29) is 0 Å². The summed E-state index contributed by atoms with van der Waals surface area (Å²) in [6, 6.07) is 5.46. The van der Waals surface area contributed by atoms with E-state index >= 15 is 0 Å². The van der Waals surface area contributed by atoms with Crippen LogP contribution < -0.4 is 4.74 Å². The van der Waals surface area contributed by atoms with Crippen LogP contribution in [0.1, 0.15) is 32.9 Å². The molecule has 0 amide bonds. The van der Waals surface area contributed by atoms with Crippen LogP contribution in [0, 0.1) is 20.8 Å². The number of aromatic nitrogens is 1. The first-order valence-electron chi connectivity index (χ1n) is 5.71. The molecule has 0 N–H and O–H groups in total. The minimum Gasteiger partial charge on any atom is -0.487 e. The zero-order valence-electron chi connectivity index (χ0n) is 10.7. The van der Waals surface area contributed by atoms with Crippen LogP contribution in [0.25, 0.3) is 0 Å². The summed E-state index contributed by atoms with van der Waals surface area (Å²) in [6.45, 7) is 6.04. The fourth-order valence-electron chi connectivity index (χ4n) is 1.91. The van der Waals surface area contributed by atoms with Gasteiger partial charge in [-0.2, -0.15) is 0 Å². The second-order valence-corrected chi connectivity index (χ2v) is 4.32. The lowest BCUT2D eigenvalue weighted by molar-refractivity contribution is 0.112. The van der Waals surface area contributed by atoms with Crippen LogP contribution >= 0.6 is 0 Å². The van der Waals surface area contributed by atoms with E-state index in [0.717, 1.165) is 34.6 Å². The summed E-state index contributed by atoms with van der Waals surface area (Å²) in [6.07, 6.45) is 0.838. The average molecular weight is 245 g/mol. The summed E-state index contributed by atoms with van der Waals surface area (Å²) in [7, 11) is 0. The fraction of sp³-hybridized carbons (Fsp3) is 0.286. The van der Waals surface area contributed by atoms with Crippen LogP contribution in [0.4, 0.5) is 0 Å². The van der Waals surface area contributed by atoms with Gasteiger partial charge in [-0.3, -0.25) is 4.79 Å². The van der Waals surface area contributed by atoms with Crippen LogP contribution in [0.3, 0.4) is 0 Å². The highest BCUT2D eigenvalue weighted by Crippen LogP contribution is 2.25. The Labute approximate surface area is 106 Å². The first-order chi connectivity index (χ1) is 8.60. The molecule has 0 unspecified atom stereocenters. The monoisotopic (exact) mass is 245 g/mol. The van der Waals surface area contributed by atoms with Gasteiger partial charge in [-0.1, -0.05) is 5.16 Å². The first kappa shape index (κ1) is 12.4. The van der Waals surface area contributed by atoms with Crippen molar-refractivity contribution in [2.45, 2.75) is 27.4 Å². The quantitative estimate of drug-likeness (QED) is 0.777. The summed E-state index contributed by atoms with van der Waals surface area (Å²) in [5.74, 6) is 1.56. The third-order valence-corrected chi connectivity index (χ3v) is 2.66. The van der Waals surface area contributed by atoms with Gasteiger partial charge in [-0.25, -0.2) is 0 Å². The third-order valence-electron chi connectivity index (χ3n) is 2.66. The van der Waals surface area contributed by atoms with Gasteiger partial charge in [-0.05, 0) is 44.0 Å². The lowest BCUT2D eigenvalue weighted by Crippen LogP contribution is -2.00. The van der Waals surface area contributed by atoms with Crippen LogP contribution in [0.15, 0.2) is 22.7 Å². The number of aldehydes is 1. The number of aryl methyl sites for hydroxylation is 3. The number of ether oxygens (including phenoxy) is 1. The molecular weight excluding hydrogens is 230 g/mol. The van der Waals surface area contributed by atoms with Gasteiger partial charge in [0, 0.05) is 11.6 Å². The second-order valence-electron chi connectivity index (χ2n) is 4.32. The van der Waals surface area contributed by atoms with E-state index in [2.05, 4.69) is 5.16 Å². The van der Waals surface area contributed by atoms with Crippen molar-refractivity contribution in [2.75, 3.05) is 0 Å². The van der Waals surface area contributed by atoms with Crippen molar-refractivity contribution in [3.05, 3.63) is 46.3 Å². The molecule has 0 atom stereocenters. The average Bonchev–Trinajstić information content (AvgIpc) is 2.73. The van der Waals surface area contributed by atoms with E-state index in [1.54, 1.807) is 0 Å². The van der Waals surface area contributed by atoms with Gasteiger partial charge in [-0.15, -0.1) is 0 Å². The molecule has 2 rings (SSSR count). The van der Waals surface area contributed by atoms with Crippen molar-refractivity contribution in [3.63, 3.8) is 0 Å². The topological polar surface area (TPSA) is 52.3 Å². The summed E-state index contributed by atoms with van der Waals surface area (Å²) in [5, 5.41) is 3.87. The minimum absolute atomic E-state index is 0.361. The molecule has 2 aromatic rings. The van der Waals surface area contributed by atoms with Gasteiger partial charge in [0.25, 0.3) is 0 Å². The molecule has 0 radical (unpaired) electrons. The van der Waals surface area contributed by atoms with Crippen molar-refractivity contribution in [1.29, 1.82) is 0 Å². The zero-order chi connectivity index (χ0) is 13.1. The predicted molar refractivity (Wildman–Crippen MR) is 66.9 cm³/mol. The first-order valence-corrected chi connectivity index (χ1v) is 5.71. The van der Waals surface area contributed by atoms with E-state index in [1.165, 1.54) is 0 Å².